The van der Waals surface area contributed by atoms with Crippen molar-refractivity contribution in [2.24, 2.45) is 0 Å². The van der Waals surface area contributed by atoms with Gasteiger partial charge >= 0.3 is 0 Å². The lowest BCUT2D eigenvalue weighted by atomic mass is 9.80. The van der Waals surface area contributed by atoms with E-state index in [1.807, 2.05) is 14.2 Å². The summed E-state index contributed by atoms with van der Waals surface area (Å²) in [6.07, 6.45) is 0. The molecular formula is C31H49O2P. The summed E-state index contributed by atoms with van der Waals surface area (Å²) in [5.41, 5.74) is 6.57. The van der Waals surface area contributed by atoms with Crippen LogP contribution < -0.4 is 14.8 Å². The molecule has 0 atom stereocenters. The molecule has 0 fully saturated rings. The minimum Gasteiger partial charge on any atom is -0.496 e. The summed E-state index contributed by atoms with van der Waals surface area (Å²) in [5.74, 6) is 3.08. The maximum Gasteiger partial charge on any atom is 0.127 e. The molecule has 0 bridgehead atoms. The molecule has 0 radical (unpaired) electrons. The molecule has 3 heteroatoms. The molecule has 34 heavy (non-hydrogen) atoms. The first-order valence-corrected chi connectivity index (χ1v) is 14.1. The van der Waals surface area contributed by atoms with Crippen LogP contribution in [0.2, 0.25) is 0 Å². The summed E-state index contributed by atoms with van der Waals surface area (Å²) < 4.78 is 12.3. The molecule has 0 saturated heterocycles. The smallest absolute Gasteiger partial charge is 0.127 e. The summed E-state index contributed by atoms with van der Waals surface area (Å²) in [4.78, 5) is 0. The van der Waals surface area contributed by atoms with Gasteiger partial charge in [0.05, 0.1) is 14.2 Å². The SMILES string of the molecule is COc1cccc(P(C(C)(C)C)C(C)(C)C)c1-c1c(C(C)C)cc(C(C)C)c(OC)c1C(C)C. The molecule has 0 aliphatic rings. The van der Waals surface area contributed by atoms with Crippen LogP contribution in [0.15, 0.2) is 24.3 Å². The molecule has 0 aliphatic heterocycles. The number of ether oxygens (including phenoxy) is 2. The van der Waals surface area contributed by atoms with Gasteiger partial charge in [-0.05, 0) is 56.1 Å². The fraction of sp³-hybridized carbons (Fsp3) is 0.613. The number of methoxy groups -OCH3 is 2. The molecule has 0 unspecified atom stereocenters. The van der Waals surface area contributed by atoms with E-state index in [4.69, 9.17) is 9.47 Å². The highest BCUT2D eigenvalue weighted by Gasteiger charge is 2.39. The van der Waals surface area contributed by atoms with Gasteiger partial charge in [0, 0.05) is 11.1 Å². The third kappa shape index (κ3) is 5.64. The minimum atomic E-state index is -0.522. The Morgan fingerprint density at radius 3 is 1.59 bits per heavy atom. The first-order valence-electron chi connectivity index (χ1n) is 12.8. The van der Waals surface area contributed by atoms with E-state index in [0.29, 0.717) is 17.8 Å². The van der Waals surface area contributed by atoms with Crippen molar-refractivity contribution >= 4 is 13.2 Å². The van der Waals surface area contributed by atoms with Crippen LogP contribution in [0.25, 0.3) is 11.1 Å². The quantitative estimate of drug-likeness (QED) is 0.364. The fourth-order valence-electron chi connectivity index (χ4n) is 5.53. The summed E-state index contributed by atoms with van der Waals surface area (Å²) in [6.45, 7) is 28.1. The molecule has 0 saturated carbocycles. The maximum atomic E-state index is 6.17. The van der Waals surface area contributed by atoms with Crippen molar-refractivity contribution in [1.82, 2.24) is 0 Å². The van der Waals surface area contributed by atoms with Gasteiger partial charge in [0.15, 0.2) is 0 Å². The second-order valence-electron chi connectivity index (χ2n) is 12.4. The Labute approximate surface area is 211 Å². The molecule has 0 aromatic heterocycles. The standard InChI is InChI=1S/C31H49O2P/c1-19(2)22-18-23(20(3)4)29(33-14)26(21(5)6)27(22)28-24(32-13)16-15-17-25(28)34(30(7,8)9)31(10,11)12/h15-21H,1-14H3. The molecule has 0 aliphatic carbocycles. The van der Waals surface area contributed by atoms with E-state index in [9.17, 15) is 0 Å². The van der Waals surface area contributed by atoms with Gasteiger partial charge in [-0.2, -0.15) is 0 Å². The first-order chi connectivity index (χ1) is 15.6. The lowest BCUT2D eigenvalue weighted by Crippen LogP contribution is -2.32. The monoisotopic (exact) mass is 484 g/mol. The van der Waals surface area contributed by atoms with Crippen molar-refractivity contribution in [3.05, 3.63) is 41.0 Å². The van der Waals surface area contributed by atoms with Gasteiger partial charge in [-0.1, -0.05) is 109 Å². The molecule has 2 nitrogen and oxygen atoms in total. The highest BCUT2D eigenvalue weighted by molar-refractivity contribution is 7.68. The Morgan fingerprint density at radius 1 is 0.676 bits per heavy atom. The zero-order valence-corrected chi connectivity index (χ0v) is 25.2. The van der Waals surface area contributed by atoms with Gasteiger partial charge in [-0.3, -0.25) is 0 Å². The highest BCUT2D eigenvalue weighted by Crippen LogP contribution is 2.61. The fourth-order valence-corrected chi connectivity index (χ4v) is 9.67. The zero-order valence-electron chi connectivity index (χ0n) is 24.3. The lowest BCUT2D eigenvalue weighted by Gasteiger charge is -2.43. The van der Waals surface area contributed by atoms with E-state index in [1.165, 1.54) is 33.1 Å². The Morgan fingerprint density at radius 2 is 1.21 bits per heavy atom. The molecule has 2 aromatic rings. The van der Waals surface area contributed by atoms with E-state index in [-0.39, 0.29) is 10.3 Å². The summed E-state index contributed by atoms with van der Waals surface area (Å²) in [7, 11) is 3.11. The van der Waals surface area contributed by atoms with E-state index in [0.717, 1.165) is 11.5 Å². The molecule has 2 rings (SSSR count). The average Bonchev–Trinajstić information content (AvgIpc) is 2.69. The van der Waals surface area contributed by atoms with Gasteiger partial charge in [0.25, 0.3) is 0 Å². The van der Waals surface area contributed by atoms with Crippen molar-refractivity contribution in [2.45, 2.75) is 111 Å². The van der Waals surface area contributed by atoms with Crippen LogP contribution in [-0.2, 0) is 0 Å². The van der Waals surface area contributed by atoms with Crippen LogP contribution in [-0.4, -0.2) is 24.5 Å². The van der Waals surface area contributed by atoms with E-state index < -0.39 is 7.92 Å². The first kappa shape index (κ1) is 28.7. The third-order valence-corrected chi connectivity index (χ3v) is 10.00. The Balaban J connectivity index is 3.22. The zero-order chi connectivity index (χ0) is 26.2. The second kappa shape index (κ2) is 10.6. The van der Waals surface area contributed by atoms with Crippen LogP contribution in [0.5, 0.6) is 11.5 Å². The highest BCUT2D eigenvalue weighted by atomic mass is 31.1. The minimum absolute atomic E-state index is 0.145. The van der Waals surface area contributed by atoms with E-state index in [1.54, 1.807) is 0 Å². The Kier molecular flexibility index (Phi) is 8.96. The summed E-state index contributed by atoms with van der Waals surface area (Å²) in [5, 5.41) is 1.72. The second-order valence-corrected chi connectivity index (χ2v) is 16.2. The van der Waals surface area contributed by atoms with Crippen molar-refractivity contribution < 1.29 is 9.47 Å². The molecule has 0 amide bonds. The van der Waals surface area contributed by atoms with Gasteiger partial charge < -0.3 is 9.47 Å². The maximum absolute atomic E-state index is 6.17. The van der Waals surface area contributed by atoms with Crippen LogP contribution in [0.1, 0.15) is 118 Å². The Hall–Kier alpha value is -1.53. The number of hydrogen-bond acceptors (Lipinski definition) is 2. The number of hydrogen-bond donors (Lipinski definition) is 0. The molecule has 0 N–H and O–H groups in total. The van der Waals surface area contributed by atoms with Crippen LogP contribution in [0.4, 0.5) is 0 Å². The van der Waals surface area contributed by atoms with Crippen molar-refractivity contribution in [3.8, 4) is 22.6 Å². The topological polar surface area (TPSA) is 18.5 Å². The van der Waals surface area contributed by atoms with Gasteiger partial charge in [0.1, 0.15) is 11.5 Å². The average molecular weight is 485 g/mol. The molecule has 190 valence electrons. The molecule has 2 aromatic carbocycles. The lowest BCUT2D eigenvalue weighted by molar-refractivity contribution is 0.400. The predicted octanol–water partition coefficient (Wildman–Crippen LogP) is 9.45. The third-order valence-electron chi connectivity index (χ3n) is 6.46. The predicted molar refractivity (Wildman–Crippen MR) is 153 cm³/mol. The molecular weight excluding hydrogens is 435 g/mol. The van der Waals surface area contributed by atoms with Crippen molar-refractivity contribution in [2.75, 3.05) is 14.2 Å². The van der Waals surface area contributed by atoms with Crippen molar-refractivity contribution in [3.63, 3.8) is 0 Å². The number of benzene rings is 2. The largest absolute Gasteiger partial charge is 0.496 e. The van der Waals surface area contributed by atoms with E-state index >= 15 is 0 Å². The summed E-state index contributed by atoms with van der Waals surface area (Å²) >= 11 is 0. The number of rotatable bonds is 7. The van der Waals surface area contributed by atoms with Crippen molar-refractivity contribution in [1.29, 1.82) is 0 Å². The van der Waals surface area contributed by atoms with Crippen LogP contribution in [0, 0.1) is 0 Å². The van der Waals surface area contributed by atoms with Crippen LogP contribution in [0.3, 0.4) is 0 Å². The molecule has 0 spiro atoms. The Bertz CT molecular complexity index is 974. The van der Waals surface area contributed by atoms with Gasteiger partial charge in [-0.25, -0.2) is 0 Å². The van der Waals surface area contributed by atoms with Gasteiger partial charge in [-0.15, -0.1) is 0 Å². The summed E-state index contributed by atoms with van der Waals surface area (Å²) in [6, 6.07) is 9.07. The van der Waals surface area contributed by atoms with E-state index in [2.05, 4.69) is 107 Å². The molecule has 0 heterocycles. The normalized spacial score (nSPS) is 12.9. The van der Waals surface area contributed by atoms with Gasteiger partial charge in [0.2, 0.25) is 0 Å². The van der Waals surface area contributed by atoms with Crippen LogP contribution >= 0.6 is 7.92 Å².